The van der Waals surface area contributed by atoms with Crippen LogP contribution in [0.15, 0.2) is 85.1 Å². The van der Waals surface area contributed by atoms with E-state index in [1.54, 1.807) is 9.80 Å². The van der Waals surface area contributed by atoms with Gasteiger partial charge in [0.15, 0.2) is 0 Å². The molecule has 0 aliphatic carbocycles. The molecule has 5 aromatic rings. The van der Waals surface area contributed by atoms with Crippen LogP contribution in [0, 0.1) is 0 Å². The molecular weight excluding hydrogens is 522 g/mol. The number of carbonyl (C=O) groups excluding carboxylic acids is 2. The van der Waals surface area contributed by atoms with Crippen molar-refractivity contribution in [2.75, 3.05) is 31.5 Å². The van der Waals surface area contributed by atoms with Crippen LogP contribution in [0.2, 0.25) is 0 Å². The third-order valence-electron chi connectivity index (χ3n) is 7.13. The van der Waals surface area contributed by atoms with E-state index < -0.39 is 0 Å². The highest BCUT2D eigenvalue weighted by atomic mass is 32.1. The van der Waals surface area contributed by atoms with Gasteiger partial charge < -0.3 is 19.9 Å². The number of ether oxygens (including phenoxy) is 1. The van der Waals surface area contributed by atoms with Crippen LogP contribution in [0.3, 0.4) is 0 Å². The number of aromatic nitrogens is 2. The molecule has 0 spiro atoms. The molecule has 9 heteroatoms. The molecule has 0 bridgehead atoms. The number of rotatable bonds is 6. The summed E-state index contributed by atoms with van der Waals surface area (Å²) in [6.07, 6.45) is 1.46. The quantitative estimate of drug-likeness (QED) is 0.274. The fraction of sp³-hybridized carbons (Fsp3) is 0.226. The molecule has 202 valence electrons. The minimum Gasteiger partial charge on any atom is -0.445 e. The van der Waals surface area contributed by atoms with Gasteiger partial charge >= 0.3 is 6.09 Å². The molecule has 1 saturated heterocycles. The number of nitrogens with one attached hydrogen (secondary N) is 1. The Bertz CT molecular complexity index is 1650. The minimum atomic E-state index is -0.352. The fourth-order valence-electron chi connectivity index (χ4n) is 4.86. The van der Waals surface area contributed by atoms with Crippen molar-refractivity contribution in [3.8, 4) is 0 Å². The maximum Gasteiger partial charge on any atom is 0.410 e. The summed E-state index contributed by atoms with van der Waals surface area (Å²) in [5, 5.41) is 5.25. The Hall–Kier alpha value is -4.50. The molecule has 3 heterocycles. The van der Waals surface area contributed by atoms with E-state index in [2.05, 4.69) is 29.4 Å². The second kappa shape index (κ2) is 11.3. The lowest BCUT2D eigenvalue weighted by molar-refractivity contribution is 0.0547. The molecule has 2 amide bonds. The van der Waals surface area contributed by atoms with Gasteiger partial charge in [-0.1, -0.05) is 60.7 Å². The van der Waals surface area contributed by atoms with Crippen LogP contribution in [0.5, 0.6) is 0 Å². The van der Waals surface area contributed by atoms with E-state index in [1.807, 2.05) is 72.9 Å². The van der Waals surface area contributed by atoms with Gasteiger partial charge in [0.2, 0.25) is 5.95 Å². The SMILES string of the molecule is C[C@@H](Nc1ncc2ccc3sc(C(=O)N4CCN(C(=O)OCc5ccccc5)CC4)cc3c2n1)c1ccccc1. The van der Waals surface area contributed by atoms with Crippen molar-refractivity contribution in [1.29, 1.82) is 0 Å². The highest BCUT2D eigenvalue weighted by Gasteiger charge is 2.27. The van der Waals surface area contributed by atoms with Crippen molar-refractivity contribution in [2.24, 2.45) is 0 Å². The number of carbonyl (C=O) groups is 2. The molecule has 1 aliphatic rings. The summed E-state index contributed by atoms with van der Waals surface area (Å²) in [5.74, 6) is 0.516. The molecule has 0 radical (unpaired) electrons. The van der Waals surface area contributed by atoms with Gasteiger partial charge in [-0.15, -0.1) is 11.3 Å². The summed E-state index contributed by atoms with van der Waals surface area (Å²) in [6, 6.07) is 25.8. The van der Waals surface area contributed by atoms with E-state index in [0.717, 1.165) is 32.1 Å². The lowest BCUT2D eigenvalue weighted by Gasteiger charge is -2.33. The van der Waals surface area contributed by atoms with E-state index in [1.165, 1.54) is 11.3 Å². The molecule has 1 fully saturated rings. The van der Waals surface area contributed by atoms with Gasteiger partial charge in [0.1, 0.15) is 6.61 Å². The van der Waals surface area contributed by atoms with E-state index >= 15 is 0 Å². The number of hydrogen-bond donors (Lipinski definition) is 1. The van der Waals surface area contributed by atoms with Crippen LogP contribution in [0.25, 0.3) is 21.0 Å². The predicted octanol–water partition coefficient (Wildman–Crippen LogP) is 6.11. The lowest BCUT2D eigenvalue weighted by Crippen LogP contribution is -2.50. The first-order chi connectivity index (χ1) is 19.5. The van der Waals surface area contributed by atoms with Gasteiger partial charge in [0.05, 0.1) is 16.4 Å². The number of amides is 2. The average molecular weight is 552 g/mol. The summed E-state index contributed by atoms with van der Waals surface area (Å²) in [6.45, 7) is 4.11. The molecule has 1 N–H and O–H groups in total. The molecule has 3 aromatic carbocycles. The summed E-state index contributed by atoms with van der Waals surface area (Å²) in [7, 11) is 0. The largest absolute Gasteiger partial charge is 0.445 e. The van der Waals surface area contributed by atoms with Gasteiger partial charge in [-0.25, -0.2) is 14.8 Å². The monoisotopic (exact) mass is 551 g/mol. The van der Waals surface area contributed by atoms with E-state index in [-0.39, 0.29) is 24.6 Å². The maximum absolute atomic E-state index is 13.4. The van der Waals surface area contributed by atoms with Gasteiger partial charge in [0, 0.05) is 47.8 Å². The molecule has 2 aromatic heterocycles. The molecular formula is C31H29N5O3S. The van der Waals surface area contributed by atoms with Crippen LogP contribution < -0.4 is 5.32 Å². The standard InChI is InChI=1S/C31H29N5O3S/c1-21(23-10-6-3-7-11-23)33-30-32-19-24-12-13-26-25(28(24)34-30)18-27(40-26)29(37)35-14-16-36(17-15-35)31(38)39-20-22-8-4-2-5-9-22/h2-13,18-19,21H,14-17,20H2,1H3,(H,32,33,34)/t21-/m1/s1. The molecule has 1 aliphatic heterocycles. The summed E-state index contributed by atoms with van der Waals surface area (Å²) >= 11 is 1.47. The van der Waals surface area contributed by atoms with Crippen LogP contribution in [-0.4, -0.2) is 57.9 Å². The van der Waals surface area contributed by atoms with Crippen molar-refractivity contribution >= 4 is 50.3 Å². The molecule has 40 heavy (non-hydrogen) atoms. The van der Waals surface area contributed by atoms with Crippen molar-refractivity contribution in [1.82, 2.24) is 19.8 Å². The van der Waals surface area contributed by atoms with Gasteiger partial charge in [-0.2, -0.15) is 0 Å². The Morgan fingerprint density at radius 2 is 1.65 bits per heavy atom. The molecule has 0 unspecified atom stereocenters. The van der Waals surface area contributed by atoms with Crippen molar-refractivity contribution in [3.05, 3.63) is 101 Å². The molecule has 6 rings (SSSR count). The first-order valence-corrected chi connectivity index (χ1v) is 14.1. The van der Waals surface area contributed by atoms with E-state index in [9.17, 15) is 9.59 Å². The number of anilines is 1. The number of thiophene rings is 1. The third kappa shape index (κ3) is 5.46. The van der Waals surface area contributed by atoms with Gasteiger partial charge in [-0.05, 0) is 36.2 Å². The van der Waals surface area contributed by atoms with Crippen LogP contribution in [0.4, 0.5) is 10.7 Å². The topological polar surface area (TPSA) is 87.7 Å². The third-order valence-corrected chi connectivity index (χ3v) is 8.22. The number of piperazine rings is 1. The zero-order chi connectivity index (χ0) is 27.5. The lowest BCUT2D eigenvalue weighted by atomic mass is 10.1. The Morgan fingerprint density at radius 1 is 0.950 bits per heavy atom. The van der Waals surface area contributed by atoms with E-state index in [0.29, 0.717) is 37.0 Å². The smallest absolute Gasteiger partial charge is 0.410 e. The summed E-state index contributed by atoms with van der Waals surface area (Å²) in [4.78, 5) is 39.4. The normalized spacial score (nSPS) is 14.3. The Balaban J connectivity index is 1.13. The van der Waals surface area contributed by atoms with Crippen LogP contribution in [0.1, 0.15) is 33.8 Å². The number of nitrogens with zero attached hydrogens (tertiary/aromatic N) is 4. The predicted molar refractivity (Wildman–Crippen MR) is 158 cm³/mol. The summed E-state index contributed by atoms with van der Waals surface area (Å²) < 4.78 is 6.46. The second-order valence-electron chi connectivity index (χ2n) is 9.82. The first-order valence-electron chi connectivity index (χ1n) is 13.3. The highest BCUT2D eigenvalue weighted by molar-refractivity contribution is 7.21. The van der Waals surface area contributed by atoms with Crippen LogP contribution >= 0.6 is 11.3 Å². The Labute approximate surface area is 236 Å². The Morgan fingerprint density at radius 3 is 2.40 bits per heavy atom. The molecule has 1 atom stereocenters. The van der Waals surface area contributed by atoms with Crippen molar-refractivity contribution in [3.63, 3.8) is 0 Å². The summed E-state index contributed by atoms with van der Waals surface area (Å²) in [5.41, 5.74) is 2.91. The zero-order valence-electron chi connectivity index (χ0n) is 22.1. The number of fused-ring (bicyclic) bond motifs is 3. The number of benzene rings is 3. The first kappa shape index (κ1) is 25.8. The average Bonchev–Trinajstić information content (AvgIpc) is 3.46. The van der Waals surface area contributed by atoms with Crippen molar-refractivity contribution < 1.29 is 14.3 Å². The van der Waals surface area contributed by atoms with Crippen molar-refractivity contribution in [2.45, 2.75) is 19.6 Å². The molecule has 8 nitrogen and oxygen atoms in total. The molecule has 0 saturated carbocycles. The Kier molecular flexibility index (Phi) is 7.29. The highest BCUT2D eigenvalue weighted by Crippen LogP contribution is 2.32. The maximum atomic E-state index is 13.4. The van der Waals surface area contributed by atoms with Gasteiger partial charge in [-0.3, -0.25) is 4.79 Å². The van der Waals surface area contributed by atoms with E-state index in [4.69, 9.17) is 9.72 Å². The fourth-order valence-corrected chi connectivity index (χ4v) is 5.89. The second-order valence-corrected chi connectivity index (χ2v) is 10.9. The minimum absolute atomic E-state index is 0.0308. The van der Waals surface area contributed by atoms with Crippen LogP contribution in [-0.2, 0) is 11.3 Å². The number of hydrogen-bond acceptors (Lipinski definition) is 7. The van der Waals surface area contributed by atoms with Gasteiger partial charge in [0.25, 0.3) is 5.91 Å². The zero-order valence-corrected chi connectivity index (χ0v) is 22.9.